The van der Waals surface area contributed by atoms with Crippen molar-refractivity contribution >= 4 is 17.2 Å². The molecule has 1 heterocycles. The maximum atomic E-state index is 11.2. The van der Waals surface area contributed by atoms with Crippen molar-refractivity contribution in [2.45, 2.75) is 32.8 Å². The summed E-state index contributed by atoms with van der Waals surface area (Å²) in [7, 11) is 1.35. The third kappa shape index (κ3) is 4.17. The summed E-state index contributed by atoms with van der Waals surface area (Å²) < 4.78 is 10.5. The molecule has 0 spiro atoms. The van der Waals surface area contributed by atoms with Crippen molar-refractivity contribution in [1.82, 2.24) is 4.98 Å². The van der Waals surface area contributed by atoms with E-state index < -0.39 is 4.92 Å². The fraction of sp³-hybridized carbons (Fsp3) is 0.529. The molecule has 7 nitrogen and oxygen atoms in total. The van der Waals surface area contributed by atoms with E-state index in [0.717, 1.165) is 5.57 Å². The molecule has 130 valence electrons. The number of nitro groups is 1. The Hall–Kier alpha value is -2.28. The van der Waals surface area contributed by atoms with Crippen LogP contribution in [-0.4, -0.2) is 35.7 Å². The first-order valence-electron chi connectivity index (χ1n) is 7.92. The third-order valence-corrected chi connectivity index (χ3v) is 4.27. The van der Waals surface area contributed by atoms with Gasteiger partial charge in [-0.05, 0) is 24.0 Å². The predicted molar refractivity (Wildman–Crippen MR) is 88.2 cm³/mol. The van der Waals surface area contributed by atoms with Crippen LogP contribution < -0.4 is 0 Å². The van der Waals surface area contributed by atoms with Crippen molar-refractivity contribution in [3.8, 4) is 0 Å². The molecule has 0 unspecified atom stereocenters. The summed E-state index contributed by atoms with van der Waals surface area (Å²) in [4.78, 5) is 25.8. The van der Waals surface area contributed by atoms with Crippen molar-refractivity contribution in [2.24, 2.45) is 11.8 Å². The molecule has 7 heteroatoms. The summed E-state index contributed by atoms with van der Waals surface area (Å²) in [6, 6.07) is 1.68. The topological polar surface area (TPSA) is 91.6 Å². The second-order valence-corrected chi connectivity index (χ2v) is 6.04. The molecular weight excluding hydrogens is 312 g/mol. The molecule has 0 fully saturated rings. The Balaban J connectivity index is 2.13. The van der Waals surface area contributed by atoms with Crippen LogP contribution in [0.2, 0.25) is 0 Å². The van der Waals surface area contributed by atoms with Crippen LogP contribution in [0.1, 0.15) is 32.3 Å². The van der Waals surface area contributed by atoms with Gasteiger partial charge in [-0.1, -0.05) is 19.9 Å². The van der Waals surface area contributed by atoms with Crippen LogP contribution in [0.25, 0.3) is 5.57 Å². The number of esters is 1. The molecule has 0 radical (unpaired) electrons. The van der Waals surface area contributed by atoms with E-state index in [1.807, 2.05) is 13.0 Å². The molecule has 0 aliphatic heterocycles. The lowest BCUT2D eigenvalue weighted by Gasteiger charge is -2.33. The van der Waals surface area contributed by atoms with Gasteiger partial charge in [0, 0.05) is 12.1 Å². The van der Waals surface area contributed by atoms with E-state index in [2.05, 4.69) is 16.6 Å². The Bertz CT molecular complexity index is 644. The Morgan fingerprint density at radius 3 is 2.83 bits per heavy atom. The first-order valence-corrected chi connectivity index (χ1v) is 7.92. The highest BCUT2D eigenvalue weighted by molar-refractivity contribution is 5.73. The summed E-state index contributed by atoms with van der Waals surface area (Å²) in [5.41, 5.74) is 1.58. The number of aromatic nitrogens is 1. The van der Waals surface area contributed by atoms with Crippen molar-refractivity contribution < 1.29 is 19.2 Å². The van der Waals surface area contributed by atoms with Gasteiger partial charge < -0.3 is 9.47 Å². The molecule has 1 aromatic heterocycles. The van der Waals surface area contributed by atoms with E-state index in [1.165, 1.54) is 13.3 Å². The van der Waals surface area contributed by atoms with E-state index in [4.69, 9.17) is 4.74 Å². The molecule has 0 saturated carbocycles. The van der Waals surface area contributed by atoms with Crippen LogP contribution in [0.4, 0.5) is 5.69 Å². The number of ether oxygens (including phenoxy) is 2. The van der Waals surface area contributed by atoms with Crippen molar-refractivity contribution in [2.75, 3.05) is 13.7 Å². The molecule has 1 aliphatic rings. The first-order chi connectivity index (χ1) is 11.4. The molecule has 1 aromatic rings. The van der Waals surface area contributed by atoms with Gasteiger partial charge in [0.05, 0.1) is 36.7 Å². The van der Waals surface area contributed by atoms with Gasteiger partial charge in [-0.3, -0.25) is 19.9 Å². The Kier molecular flexibility index (Phi) is 6.03. The van der Waals surface area contributed by atoms with Crippen LogP contribution in [0.15, 0.2) is 24.5 Å². The average Bonchev–Trinajstić information content (AvgIpc) is 2.56. The minimum atomic E-state index is -0.405. The maximum absolute atomic E-state index is 11.2. The SMILES string of the molecule is COC(=O)CCO[C@H]1[C@H](C)C=C(c2ccncc2[N+](=O)[O-])C[C@@H]1C. The average molecular weight is 334 g/mol. The Labute approximate surface area is 140 Å². The van der Waals surface area contributed by atoms with E-state index in [9.17, 15) is 14.9 Å². The molecule has 0 saturated heterocycles. The highest BCUT2D eigenvalue weighted by Crippen LogP contribution is 2.38. The number of allylic oxidation sites excluding steroid dienone is 1. The monoisotopic (exact) mass is 334 g/mol. The number of rotatable bonds is 6. The maximum Gasteiger partial charge on any atom is 0.307 e. The molecule has 0 amide bonds. The fourth-order valence-electron chi connectivity index (χ4n) is 3.16. The van der Waals surface area contributed by atoms with Crippen LogP contribution >= 0.6 is 0 Å². The molecule has 0 aromatic carbocycles. The molecule has 3 atom stereocenters. The fourth-order valence-corrected chi connectivity index (χ4v) is 3.16. The number of carbonyl (C=O) groups excluding carboxylic acids is 1. The van der Waals surface area contributed by atoms with E-state index >= 15 is 0 Å². The largest absolute Gasteiger partial charge is 0.469 e. The normalized spacial score (nSPS) is 23.5. The van der Waals surface area contributed by atoms with Gasteiger partial charge in [0.15, 0.2) is 0 Å². The number of nitrogens with zero attached hydrogens (tertiary/aromatic N) is 2. The lowest BCUT2D eigenvalue weighted by atomic mass is 9.79. The minimum Gasteiger partial charge on any atom is -0.469 e. The predicted octanol–water partition coefficient (Wildman–Crippen LogP) is 3.00. The number of methoxy groups -OCH3 is 1. The molecule has 0 N–H and O–H groups in total. The zero-order valence-corrected chi connectivity index (χ0v) is 14.1. The van der Waals surface area contributed by atoms with Crippen LogP contribution in [0, 0.1) is 22.0 Å². The van der Waals surface area contributed by atoms with Gasteiger partial charge in [0.25, 0.3) is 5.69 Å². The Morgan fingerprint density at radius 1 is 1.46 bits per heavy atom. The summed E-state index contributed by atoms with van der Waals surface area (Å²) in [6.07, 6.45) is 5.74. The van der Waals surface area contributed by atoms with E-state index in [-0.39, 0.29) is 36.0 Å². The highest BCUT2D eigenvalue weighted by Gasteiger charge is 2.31. The number of pyridine rings is 1. The first kappa shape index (κ1) is 18.1. The number of hydrogen-bond donors (Lipinski definition) is 0. The minimum absolute atomic E-state index is 0.0215. The zero-order chi connectivity index (χ0) is 17.7. The highest BCUT2D eigenvalue weighted by atomic mass is 16.6. The van der Waals surface area contributed by atoms with Crippen LogP contribution in [0.3, 0.4) is 0 Å². The van der Waals surface area contributed by atoms with Gasteiger partial charge in [-0.15, -0.1) is 0 Å². The smallest absolute Gasteiger partial charge is 0.307 e. The quantitative estimate of drug-likeness (QED) is 0.451. The van der Waals surface area contributed by atoms with Crippen LogP contribution in [0.5, 0.6) is 0 Å². The summed E-state index contributed by atoms with van der Waals surface area (Å²) in [6.45, 7) is 4.38. The van der Waals surface area contributed by atoms with Crippen molar-refractivity contribution in [3.05, 3.63) is 40.2 Å². The van der Waals surface area contributed by atoms with E-state index in [0.29, 0.717) is 18.6 Å². The van der Waals surface area contributed by atoms with Gasteiger partial charge in [-0.25, -0.2) is 0 Å². The number of hydrogen-bond acceptors (Lipinski definition) is 6. The lowest BCUT2D eigenvalue weighted by molar-refractivity contribution is -0.385. The van der Waals surface area contributed by atoms with E-state index in [1.54, 1.807) is 12.3 Å². The van der Waals surface area contributed by atoms with Gasteiger partial charge in [0.1, 0.15) is 6.20 Å². The molecule has 0 bridgehead atoms. The Morgan fingerprint density at radius 2 is 2.21 bits per heavy atom. The zero-order valence-electron chi connectivity index (χ0n) is 14.1. The molecule has 1 aliphatic carbocycles. The van der Waals surface area contributed by atoms with Crippen molar-refractivity contribution in [3.63, 3.8) is 0 Å². The summed E-state index contributed by atoms with van der Waals surface area (Å²) >= 11 is 0. The van der Waals surface area contributed by atoms with Crippen molar-refractivity contribution in [1.29, 1.82) is 0 Å². The summed E-state index contributed by atoms with van der Waals surface area (Å²) in [5.74, 6) is -0.0191. The second-order valence-electron chi connectivity index (χ2n) is 6.04. The van der Waals surface area contributed by atoms with Gasteiger partial charge in [0.2, 0.25) is 0 Å². The third-order valence-electron chi connectivity index (χ3n) is 4.27. The van der Waals surface area contributed by atoms with Crippen LogP contribution in [-0.2, 0) is 14.3 Å². The standard InChI is InChI=1S/C17H22N2O5/c1-11-8-13(14-4-6-18-10-15(14)19(21)22)9-12(2)17(11)24-7-5-16(20)23-3/h4,6,8,10-12,17H,5,7,9H2,1-3H3/t11-,12+,17+/m1/s1. The van der Waals surface area contributed by atoms with Gasteiger partial charge in [-0.2, -0.15) is 0 Å². The molecular formula is C17H22N2O5. The molecule has 2 rings (SSSR count). The number of carbonyl (C=O) groups is 1. The second kappa shape index (κ2) is 8.01. The molecule has 24 heavy (non-hydrogen) atoms. The van der Waals surface area contributed by atoms with Gasteiger partial charge >= 0.3 is 5.97 Å². The lowest BCUT2D eigenvalue weighted by Crippen LogP contribution is -2.32. The summed E-state index contributed by atoms with van der Waals surface area (Å²) in [5, 5.41) is 11.2.